The highest BCUT2D eigenvalue weighted by molar-refractivity contribution is 5.85. The highest BCUT2D eigenvalue weighted by Gasteiger charge is 2.25. The molecule has 1 unspecified atom stereocenters. The van der Waals surface area contributed by atoms with Crippen LogP contribution in [0.4, 0.5) is 0 Å². The lowest BCUT2D eigenvalue weighted by Crippen LogP contribution is -2.39. The van der Waals surface area contributed by atoms with E-state index in [-0.39, 0.29) is 12.4 Å². The van der Waals surface area contributed by atoms with Crippen LogP contribution < -0.4 is 0 Å². The molecule has 1 heterocycles. The average Bonchev–Trinajstić information content (AvgIpc) is 2.53. The molecule has 2 aromatic carbocycles. The van der Waals surface area contributed by atoms with Crippen molar-refractivity contribution in [3.8, 4) is 11.1 Å². The smallest absolute Gasteiger partial charge is 0.0245 e. The van der Waals surface area contributed by atoms with Gasteiger partial charge >= 0.3 is 0 Å². The van der Waals surface area contributed by atoms with Crippen LogP contribution in [-0.2, 0) is 13.0 Å². The Balaban J connectivity index is 0.00000161. The summed E-state index contributed by atoms with van der Waals surface area (Å²) in [5.74, 6) is 0. The summed E-state index contributed by atoms with van der Waals surface area (Å²) in [7, 11) is 0. The third kappa shape index (κ3) is 3.14. The molecule has 1 nitrogen and oxygen atoms in total. The summed E-state index contributed by atoms with van der Waals surface area (Å²) in [5, 5.41) is 0. The van der Waals surface area contributed by atoms with Crippen LogP contribution in [0.15, 0.2) is 48.5 Å². The molecule has 2 heteroatoms. The van der Waals surface area contributed by atoms with E-state index in [0.717, 1.165) is 13.1 Å². The van der Waals surface area contributed by atoms with Crippen LogP contribution in [0.2, 0.25) is 0 Å². The van der Waals surface area contributed by atoms with E-state index in [2.05, 4.69) is 67.3 Å². The van der Waals surface area contributed by atoms with Crippen LogP contribution in [0.5, 0.6) is 0 Å². The first-order valence-corrected chi connectivity index (χ1v) is 7.73. The van der Waals surface area contributed by atoms with Crippen LogP contribution in [0.3, 0.4) is 0 Å². The number of rotatable bonds is 3. The minimum atomic E-state index is 0. The van der Waals surface area contributed by atoms with E-state index in [9.17, 15) is 0 Å². The molecule has 3 rings (SSSR count). The van der Waals surface area contributed by atoms with Crippen molar-refractivity contribution in [3.63, 3.8) is 0 Å². The zero-order valence-electron chi connectivity index (χ0n) is 12.9. The van der Waals surface area contributed by atoms with E-state index < -0.39 is 0 Å². The first kappa shape index (κ1) is 16.1. The van der Waals surface area contributed by atoms with Crippen molar-refractivity contribution < 1.29 is 0 Å². The quantitative estimate of drug-likeness (QED) is 0.777. The summed E-state index contributed by atoms with van der Waals surface area (Å²) in [5.41, 5.74) is 5.83. The molecule has 0 bridgehead atoms. The summed E-state index contributed by atoms with van der Waals surface area (Å²) >= 11 is 0. The molecule has 0 saturated carbocycles. The molecule has 0 saturated heterocycles. The Morgan fingerprint density at radius 3 is 2.43 bits per heavy atom. The molecule has 1 atom stereocenters. The third-order valence-electron chi connectivity index (χ3n) is 4.57. The summed E-state index contributed by atoms with van der Waals surface area (Å²) in [6.45, 7) is 6.81. The Bertz CT molecular complexity index is 579. The van der Waals surface area contributed by atoms with E-state index >= 15 is 0 Å². The SMILES string of the molecule is CCC1Cc2cccc(-c3ccccc3)c2CN1CC.Cl. The molecule has 21 heavy (non-hydrogen) atoms. The predicted octanol–water partition coefficient (Wildman–Crippen LogP) is 4.93. The topological polar surface area (TPSA) is 3.24 Å². The molecule has 0 aliphatic carbocycles. The van der Waals surface area contributed by atoms with Gasteiger partial charge in [-0.2, -0.15) is 0 Å². The number of hydrogen-bond donors (Lipinski definition) is 0. The first-order chi connectivity index (χ1) is 9.83. The van der Waals surface area contributed by atoms with Crippen molar-refractivity contribution in [2.45, 2.75) is 39.3 Å². The van der Waals surface area contributed by atoms with Crippen LogP contribution in [-0.4, -0.2) is 17.5 Å². The van der Waals surface area contributed by atoms with Crippen molar-refractivity contribution >= 4 is 12.4 Å². The fourth-order valence-corrected chi connectivity index (χ4v) is 3.39. The Morgan fingerprint density at radius 2 is 1.76 bits per heavy atom. The number of likely N-dealkylation sites (N-methyl/N-ethyl adjacent to an activating group) is 1. The van der Waals surface area contributed by atoms with Crippen molar-refractivity contribution in [1.82, 2.24) is 4.90 Å². The standard InChI is InChI=1S/C19H23N.ClH/c1-3-17-13-16-11-8-12-18(15-9-6-5-7-10-15)19(16)14-20(17)4-2;/h5-12,17H,3-4,13-14H2,1-2H3;1H. The average molecular weight is 302 g/mol. The molecule has 0 amide bonds. The zero-order valence-corrected chi connectivity index (χ0v) is 13.7. The largest absolute Gasteiger partial charge is 0.296 e. The number of nitrogens with zero attached hydrogens (tertiary/aromatic N) is 1. The Morgan fingerprint density at radius 1 is 1.00 bits per heavy atom. The Hall–Kier alpha value is -1.31. The second-order valence-corrected chi connectivity index (χ2v) is 5.64. The molecule has 0 radical (unpaired) electrons. The fourth-order valence-electron chi connectivity index (χ4n) is 3.39. The third-order valence-corrected chi connectivity index (χ3v) is 4.57. The summed E-state index contributed by atoms with van der Waals surface area (Å²) in [6, 6.07) is 18.3. The van der Waals surface area contributed by atoms with Gasteiger partial charge in [-0.1, -0.05) is 62.4 Å². The van der Waals surface area contributed by atoms with E-state index in [1.807, 2.05) is 0 Å². The molecular weight excluding hydrogens is 278 g/mol. The van der Waals surface area contributed by atoms with Gasteiger partial charge in [-0.15, -0.1) is 12.4 Å². The van der Waals surface area contributed by atoms with Crippen LogP contribution >= 0.6 is 12.4 Å². The number of halogens is 1. The maximum Gasteiger partial charge on any atom is 0.0245 e. The summed E-state index contributed by atoms with van der Waals surface area (Å²) < 4.78 is 0. The Kier molecular flexibility index (Phi) is 5.44. The van der Waals surface area contributed by atoms with E-state index in [1.165, 1.54) is 29.5 Å². The van der Waals surface area contributed by atoms with Crippen LogP contribution in [0.25, 0.3) is 11.1 Å². The summed E-state index contributed by atoms with van der Waals surface area (Å²) in [4.78, 5) is 2.62. The first-order valence-electron chi connectivity index (χ1n) is 7.73. The van der Waals surface area contributed by atoms with Gasteiger partial charge in [0, 0.05) is 12.6 Å². The number of benzene rings is 2. The van der Waals surface area contributed by atoms with Crippen LogP contribution in [0, 0.1) is 0 Å². The minimum absolute atomic E-state index is 0. The normalized spacial score (nSPS) is 17.9. The van der Waals surface area contributed by atoms with Gasteiger partial charge in [0.15, 0.2) is 0 Å². The molecule has 0 N–H and O–H groups in total. The van der Waals surface area contributed by atoms with Gasteiger partial charge in [0.25, 0.3) is 0 Å². The summed E-state index contributed by atoms with van der Waals surface area (Å²) in [6.07, 6.45) is 2.43. The number of fused-ring (bicyclic) bond motifs is 1. The highest BCUT2D eigenvalue weighted by atomic mass is 35.5. The van der Waals surface area contributed by atoms with Crippen molar-refractivity contribution in [2.24, 2.45) is 0 Å². The van der Waals surface area contributed by atoms with E-state index in [4.69, 9.17) is 0 Å². The minimum Gasteiger partial charge on any atom is -0.296 e. The lowest BCUT2D eigenvalue weighted by Gasteiger charge is -2.36. The van der Waals surface area contributed by atoms with Gasteiger partial charge in [0.05, 0.1) is 0 Å². The Labute approximate surface area is 134 Å². The van der Waals surface area contributed by atoms with Crippen molar-refractivity contribution in [2.75, 3.05) is 6.54 Å². The molecule has 0 fully saturated rings. The molecule has 2 aromatic rings. The van der Waals surface area contributed by atoms with Gasteiger partial charge in [0.1, 0.15) is 0 Å². The maximum atomic E-state index is 2.62. The molecule has 112 valence electrons. The molecular formula is C19H24ClN. The van der Waals surface area contributed by atoms with Gasteiger partial charge in [-0.25, -0.2) is 0 Å². The number of hydrogen-bond acceptors (Lipinski definition) is 1. The van der Waals surface area contributed by atoms with Gasteiger partial charge in [-0.3, -0.25) is 4.90 Å². The fraction of sp³-hybridized carbons (Fsp3) is 0.368. The van der Waals surface area contributed by atoms with Crippen LogP contribution in [0.1, 0.15) is 31.4 Å². The second-order valence-electron chi connectivity index (χ2n) is 5.64. The van der Waals surface area contributed by atoms with Crippen molar-refractivity contribution in [3.05, 3.63) is 59.7 Å². The lowest BCUT2D eigenvalue weighted by atomic mass is 9.87. The lowest BCUT2D eigenvalue weighted by molar-refractivity contribution is 0.176. The second kappa shape index (κ2) is 7.11. The zero-order chi connectivity index (χ0) is 13.9. The van der Waals surface area contributed by atoms with E-state index in [0.29, 0.717) is 6.04 Å². The van der Waals surface area contributed by atoms with Crippen molar-refractivity contribution in [1.29, 1.82) is 0 Å². The predicted molar refractivity (Wildman–Crippen MR) is 93.0 cm³/mol. The monoisotopic (exact) mass is 301 g/mol. The van der Waals surface area contributed by atoms with Gasteiger partial charge in [-0.05, 0) is 41.6 Å². The molecule has 0 spiro atoms. The molecule has 1 aliphatic heterocycles. The van der Waals surface area contributed by atoms with Gasteiger partial charge in [0.2, 0.25) is 0 Å². The van der Waals surface area contributed by atoms with E-state index in [1.54, 1.807) is 5.56 Å². The molecule has 0 aromatic heterocycles. The maximum absolute atomic E-state index is 2.62. The highest BCUT2D eigenvalue weighted by Crippen LogP contribution is 2.32. The molecule has 1 aliphatic rings. The van der Waals surface area contributed by atoms with Gasteiger partial charge < -0.3 is 0 Å².